The van der Waals surface area contributed by atoms with Gasteiger partial charge in [-0.3, -0.25) is 15.1 Å². The number of ether oxygens (including phenoxy) is 2. The van der Waals surface area contributed by atoms with Gasteiger partial charge in [0.2, 0.25) is 5.13 Å². The lowest BCUT2D eigenvalue weighted by atomic mass is 10.00. The van der Waals surface area contributed by atoms with Crippen LogP contribution in [0.25, 0.3) is 11.1 Å². The molecule has 2 aromatic carbocycles. The van der Waals surface area contributed by atoms with Crippen LogP contribution < -0.4 is 14.8 Å². The number of nitrogens with one attached hydrogen (secondary N) is 1. The molecule has 0 unspecified atom stereocenters. The molecule has 2 aromatic heterocycles. The van der Waals surface area contributed by atoms with Gasteiger partial charge in [0.05, 0.1) is 12.7 Å². The lowest BCUT2D eigenvalue weighted by Crippen LogP contribution is -2.14. The summed E-state index contributed by atoms with van der Waals surface area (Å²) in [6.07, 6.45) is 1.67. The minimum Gasteiger partial charge on any atom is -0.496 e. The fraction of sp³-hybridized carbons (Fsp3) is 0.130. The molecule has 9 heteroatoms. The van der Waals surface area contributed by atoms with Gasteiger partial charge < -0.3 is 9.47 Å². The molecule has 7 nitrogen and oxygen atoms in total. The molecular weight excluding hydrogens is 448 g/mol. The highest BCUT2D eigenvalue weighted by Gasteiger charge is 2.18. The van der Waals surface area contributed by atoms with E-state index in [2.05, 4.69) is 20.5 Å². The van der Waals surface area contributed by atoms with E-state index in [-0.39, 0.29) is 5.91 Å². The maximum absolute atomic E-state index is 13.1. The van der Waals surface area contributed by atoms with Crippen molar-refractivity contribution in [2.24, 2.45) is 0 Å². The maximum atomic E-state index is 13.1. The number of pyridine rings is 1. The Bertz CT molecular complexity index is 1240. The van der Waals surface area contributed by atoms with Gasteiger partial charge in [-0.15, -0.1) is 5.10 Å². The van der Waals surface area contributed by atoms with Crippen molar-refractivity contribution in [2.75, 3.05) is 12.4 Å². The summed E-state index contributed by atoms with van der Waals surface area (Å²) in [6.45, 7) is 2.15. The van der Waals surface area contributed by atoms with Crippen molar-refractivity contribution < 1.29 is 14.3 Å². The quantitative estimate of drug-likeness (QED) is 0.392. The van der Waals surface area contributed by atoms with Gasteiger partial charge in [0, 0.05) is 28.0 Å². The molecule has 2 heterocycles. The molecule has 0 bridgehead atoms. The fourth-order valence-corrected chi connectivity index (χ4v) is 3.75. The summed E-state index contributed by atoms with van der Waals surface area (Å²) in [5.74, 6) is 0.331. The first-order valence-electron chi connectivity index (χ1n) is 9.65. The number of carbonyl (C=O) groups excluding carboxylic acids is 1. The van der Waals surface area contributed by atoms with Gasteiger partial charge in [-0.05, 0) is 48.1 Å². The first-order chi connectivity index (χ1) is 15.5. The van der Waals surface area contributed by atoms with Crippen LogP contribution in [0.3, 0.4) is 0 Å². The third-order valence-electron chi connectivity index (χ3n) is 4.58. The number of nitrogens with zero attached hydrogens (tertiary/aromatic N) is 3. The second-order valence-corrected chi connectivity index (χ2v) is 8.19. The van der Waals surface area contributed by atoms with Gasteiger partial charge in [-0.2, -0.15) is 0 Å². The van der Waals surface area contributed by atoms with E-state index < -0.39 is 0 Å². The molecule has 0 saturated heterocycles. The standard InChI is InChI=1S/C23H19ClN4O3S/c1-14-11-18(19(12-25-14)17-5-3-4-6-20(17)30-2)21(29)26-22-27-28-23(32-22)31-13-15-7-9-16(24)10-8-15/h3-12H,13H2,1-2H3,(H,26,27,29). The number of aromatic nitrogens is 3. The number of aryl methyl sites for hydroxylation is 1. The van der Waals surface area contributed by atoms with Gasteiger partial charge in [0.15, 0.2) is 0 Å². The predicted octanol–water partition coefficient (Wildman–Crippen LogP) is 5.40. The summed E-state index contributed by atoms with van der Waals surface area (Å²) < 4.78 is 11.1. The van der Waals surface area contributed by atoms with E-state index in [1.165, 1.54) is 0 Å². The summed E-state index contributed by atoms with van der Waals surface area (Å²) >= 11 is 7.04. The van der Waals surface area contributed by atoms with E-state index in [1.807, 2.05) is 43.3 Å². The van der Waals surface area contributed by atoms with Crippen LogP contribution in [0.5, 0.6) is 10.9 Å². The zero-order valence-corrected chi connectivity index (χ0v) is 18.9. The molecule has 162 valence electrons. The maximum Gasteiger partial charge on any atom is 0.296 e. The van der Waals surface area contributed by atoms with Gasteiger partial charge >= 0.3 is 0 Å². The van der Waals surface area contributed by atoms with E-state index in [0.29, 0.717) is 38.8 Å². The summed E-state index contributed by atoms with van der Waals surface area (Å²) in [4.78, 5) is 17.4. The average Bonchev–Trinajstić information content (AvgIpc) is 3.26. The first-order valence-corrected chi connectivity index (χ1v) is 10.8. The van der Waals surface area contributed by atoms with E-state index in [0.717, 1.165) is 28.2 Å². The Morgan fingerprint density at radius 1 is 1.09 bits per heavy atom. The van der Waals surface area contributed by atoms with Crippen LogP contribution in [0.15, 0.2) is 60.8 Å². The number of para-hydroxylation sites is 1. The van der Waals surface area contributed by atoms with Crippen LogP contribution in [-0.2, 0) is 6.61 Å². The third kappa shape index (κ3) is 5.04. The van der Waals surface area contributed by atoms with E-state index in [9.17, 15) is 4.79 Å². The van der Waals surface area contributed by atoms with E-state index in [4.69, 9.17) is 21.1 Å². The monoisotopic (exact) mass is 466 g/mol. The summed E-state index contributed by atoms with van der Waals surface area (Å²) in [5, 5.41) is 12.2. The number of halogens is 1. The van der Waals surface area contributed by atoms with Crippen LogP contribution in [0.4, 0.5) is 5.13 Å². The van der Waals surface area contributed by atoms with Crippen LogP contribution >= 0.6 is 22.9 Å². The molecule has 4 aromatic rings. The molecule has 0 radical (unpaired) electrons. The van der Waals surface area contributed by atoms with Crippen molar-refractivity contribution in [2.45, 2.75) is 13.5 Å². The highest BCUT2D eigenvalue weighted by Crippen LogP contribution is 2.33. The van der Waals surface area contributed by atoms with Gasteiger partial charge in [-0.1, -0.05) is 47.0 Å². The molecule has 0 saturated carbocycles. The fourth-order valence-electron chi connectivity index (χ4n) is 3.04. The minimum absolute atomic E-state index is 0.321. The smallest absolute Gasteiger partial charge is 0.296 e. The van der Waals surface area contributed by atoms with Gasteiger partial charge in [0.1, 0.15) is 12.4 Å². The third-order valence-corrected chi connectivity index (χ3v) is 5.59. The molecule has 0 spiro atoms. The van der Waals surface area contributed by atoms with Crippen LogP contribution in [-0.4, -0.2) is 28.2 Å². The summed E-state index contributed by atoms with van der Waals surface area (Å²) in [7, 11) is 1.59. The van der Waals surface area contributed by atoms with Crippen molar-refractivity contribution in [3.8, 4) is 22.1 Å². The Kier molecular flexibility index (Phi) is 6.63. The van der Waals surface area contributed by atoms with Crippen LogP contribution in [0.2, 0.25) is 5.02 Å². The van der Waals surface area contributed by atoms with Crippen molar-refractivity contribution in [3.63, 3.8) is 0 Å². The normalized spacial score (nSPS) is 10.6. The van der Waals surface area contributed by atoms with Crippen molar-refractivity contribution >= 4 is 34.0 Å². The topological polar surface area (TPSA) is 86.2 Å². The van der Waals surface area contributed by atoms with Crippen LogP contribution in [0, 0.1) is 6.92 Å². The molecule has 0 aliphatic heterocycles. The predicted molar refractivity (Wildman–Crippen MR) is 125 cm³/mol. The highest BCUT2D eigenvalue weighted by atomic mass is 35.5. The molecule has 0 aliphatic carbocycles. The van der Waals surface area contributed by atoms with Crippen molar-refractivity contribution in [3.05, 3.63) is 82.6 Å². The number of amides is 1. The van der Waals surface area contributed by atoms with Gasteiger partial charge in [-0.25, -0.2) is 0 Å². The lowest BCUT2D eigenvalue weighted by molar-refractivity contribution is 0.102. The molecule has 0 fully saturated rings. The Labute approximate surface area is 194 Å². The molecular formula is C23H19ClN4O3S. The largest absolute Gasteiger partial charge is 0.496 e. The number of rotatable bonds is 7. The molecule has 32 heavy (non-hydrogen) atoms. The average molecular weight is 467 g/mol. The lowest BCUT2D eigenvalue weighted by Gasteiger charge is -2.12. The second-order valence-electron chi connectivity index (χ2n) is 6.81. The minimum atomic E-state index is -0.322. The molecule has 4 rings (SSSR count). The second kappa shape index (κ2) is 9.76. The van der Waals surface area contributed by atoms with E-state index in [1.54, 1.807) is 31.5 Å². The Balaban J connectivity index is 1.51. The molecule has 0 aliphatic rings. The molecule has 0 atom stereocenters. The molecule has 1 N–H and O–H groups in total. The first kappa shape index (κ1) is 21.7. The number of hydrogen-bond acceptors (Lipinski definition) is 7. The SMILES string of the molecule is COc1ccccc1-c1cnc(C)cc1C(=O)Nc1nnc(OCc2ccc(Cl)cc2)s1. The number of hydrogen-bond donors (Lipinski definition) is 1. The number of benzene rings is 2. The Morgan fingerprint density at radius 2 is 1.88 bits per heavy atom. The Morgan fingerprint density at radius 3 is 2.66 bits per heavy atom. The van der Waals surface area contributed by atoms with Crippen LogP contribution in [0.1, 0.15) is 21.6 Å². The number of carbonyl (C=O) groups is 1. The highest BCUT2D eigenvalue weighted by molar-refractivity contribution is 7.17. The Hall–Kier alpha value is -3.49. The molecule has 1 amide bonds. The van der Waals surface area contributed by atoms with Crippen molar-refractivity contribution in [1.82, 2.24) is 15.2 Å². The van der Waals surface area contributed by atoms with E-state index >= 15 is 0 Å². The van der Waals surface area contributed by atoms with Crippen molar-refractivity contribution in [1.29, 1.82) is 0 Å². The zero-order chi connectivity index (χ0) is 22.5. The zero-order valence-electron chi connectivity index (χ0n) is 17.3. The van der Waals surface area contributed by atoms with Gasteiger partial charge in [0.25, 0.3) is 11.1 Å². The number of methoxy groups -OCH3 is 1. The number of anilines is 1. The summed E-state index contributed by atoms with van der Waals surface area (Å²) in [6, 6.07) is 16.5. The summed E-state index contributed by atoms with van der Waals surface area (Å²) in [5.41, 5.74) is 3.56.